The maximum Gasteiger partial charge on any atom is 0.311 e. The first kappa shape index (κ1) is 10.8. The minimum atomic E-state index is -0.435. The molecule has 1 atom stereocenters. The lowest BCUT2D eigenvalue weighted by atomic mass is 10.2. The number of aliphatic hydroxyl groups is 1. The van der Waals surface area contributed by atoms with Crippen LogP contribution in [0.5, 0.6) is 0 Å². The summed E-state index contributed by atoms with van der Waals surface area (Å²) in [6, 6.07) is 2.94. The fourth-order valence-corrected chi connectivity index (χ4v) is 2.06. The van der Waals surface area contributed by atoms with Gasteiger partial charge in [-0.3, -0.25) is 10.1 Å². The zero-order valence-electron chi connectivity index (χ0n) is 8.74. The number of nitrogens with zero attached hydrogens (tertiary/aromatic N) is 3. The van der Waals surface area contributed by atoms with E-state index < -0.39 is 4.92 Å². The molecule has 0 amide bonds. The molecule has 1 fully saturated rings. The lowest BCUT2D eigenvalue weighted by molar-refractivity contribution is -0.384. The monoisotopic (exact) mass is 223 g/mol. The van der Waals surface area contributed by atoms with Crippen molar-refractivity contribution in [2.75, 3.05) is 18.1 Å². The highest BCUT2D eigenvalue weighted by atomic mass is 16.6. The van der Waals surface area contributed by atoms with Crippen molar-refractivity contribution in [3.05, 3.63) is 28.4 Å². The normalized spacial score (nSPS) is 20.1. The predicted molar refractivity (Wildman–Crippen MR) is 58.3 cm³/mol. The minimum absolute atomic E-state index is 0.00264. The minimum Gasteiger partial charge on any atom is -0.394 e. The summed E-state index contributed by atoms with van der Waals surface area (Å²) < 4.78 is 0. The van der Waals surface area contributed by atoms with Gasteiger partial charge in [-0.25, -0.2) is 4.98 Å². The van der Waals surface area contributed by atoms with E-state index in [0.29, 0.717) is 12.4 Å². The van der Waals surface area contributed by atoms with Gasteiger partial charge in [-0.2, -0.15) is 0 Å². The summed E-state index contributed by atoms with van der Waals surface area (Å²) in [6.45, 7) is 0.719. The Morgan fingerprint density at radius 2 is 2.50 bits per heavy atom. The van der Waals surface area contributed by atoms with Crippen LogP contribution in [0.25, 0.3) is 0 Å². The first-order valence-electron chi connectivity index (χ1n) is 5.21. The molecule has 16 heavy (non-hydrogen) atoms. The summed E-state index contributed by atoms with van der Waals surface area (Å²) in [7, 11) is 0. The average molecular weight is 223 g/mol. The molecule has 6 heteroatoms. The van der Waals surface area contributed by atoms with Crippen molar-refractivity contribution in [2.24, 2.45) is 0 Å². The van der Waals surface area contributed by atoms with Crippen molar-refractivity contribution in [2.45, 2.75) is 18.9 Å². The van der Waals surface area contributed by atoms with Crippen molar-refractivity contribution < 1.29 is 10.0 Å². The summed E-state index contributed by atoms with van der Waals surface area (Å²) >= 11 is 0. The van der Waals surface area contributed by atoms with E-state index in [1.807, 2.05) is 4.90 Å². The standard InChI is InChI=1S/C10H13N3O3/c14-7-8-3-2-6-12(8)10-9(13(15)16)4-1-5-11-10/h1,4-5,8,14H,2-3,6-7H2/t8-/m1/s1. The smallest absolute Gasteiger partial charge is 0.311 e. The van der Waals surface area contributed by atoms with Crippen LogP contribution >= 0.6 is 0 Å². The molecular formula is C10H13N3O3. The average Bonchev–Trinajstić information content (AvgIpc) is 2.76. The lowest BCUT2D eigenvalue weighted by Crippen LogP contribution is -2.33. The quantitative estimate of drug-likeness (QED) is 0.609. The molecule has 0 bridgehead atoms. The van der Waals surface area contributed by atoms with E-state index in [-0.39, 0.29) is 18.3 Å². The number of aromatic nitrogens is 1. The van der Waals surface area contributed by atoms with Crippen LogP contribution in [0.1, 0.15) is 12.8 Å². The molecule has 6 nitrogen and oxygen atoms in total. The molecule has 0 aliphatic carbocycles. The van der Waals surface area contributed by atoms with Gasteiger partial charge in [0.1, 0.15) is 0 Å². The third-order valence-corrected chi connectivity index (χ3v) is 2.82. The topological polar surface area (TPSA) is 79.5 Å². The molecule has 0 unspecified atom stereocenters. The Balaban J connectivity index is 2.35. The molecule has 0 radical (unpaired) electrons. The predicted octanol–water partition coefficient (Wildman–Crippen LogP) is 0.951. The van der Waals surface area contributed by atoms with Gasteiger partial charge >= 0.3 is 5.69 Å². The van der Waals surface area contributed by atoms with Crippen molar-refractivity contribution in [1.82, 2.24) is 4.98 Å². The lowest BCUT2D eigenvalue weighted by Gasteiger charge is -2.23. The summed E-state index contributed by atoms with van der Waals surface area (Å²) in [5.74, 6) is 0.365. The van der Waals surface area contributed by atoms with Gasteiger partial charge in [0.15, 0.2) is 0 Å². The second kappa shape index (κ2) is 4.44. The van der Waals surface area contributed by atoms with Gasteiger partial charge in [-0.1, -0.05) is 0 Å². The highest BCUT2D eigenvalue weighted by molar-refractivity contribution is 5.58. The summed E-state index contributed by atoms with van der Waals surface area (Å²) in [5, 5.41) is 20.0. The number of rotatable bonds is 3. The van der Waals surface area contributed by atoms with Crippen LogP contribution in [0.3, 0.4) is 0 Å². The number of nitro groups is 1. The number of hydrogen-bond acceptors (Lipinski definition) is 5. The van der Waals surface area contributed by atoms with Gasteiger partial charge < -0.3 is 10.0 Å². The third kappa shape index (κ3) is 1.83. The van der Waals surface area contributed by atoms with Crippen molar-refractivity contribution in [3.8, 4) is 0 Å². The molecule has 1 aromatic heterocycles. The van der Waals surface area contributed by atoms with E-state index in [2.05, 4.69) is 4.98 Å². The molecule has 1 aromatic rings. The molecule has 0 spiro atoms. The van der Waals surface area contributed by atoms with Crippen LogP contribution < -0.4 is 4.90 Å². The highest BCUT2D eigenvalue weighted by Crippen LogP contribution is 2.30. The number of pyridine rings is 1. The molecule has 1 aliphatic heterocycles. The Kier molecular flexibility index (Phi) is 3.00. The zero-order valence-corrected chi connectivity index (χ0v) is 8.74. The maximum absolute atomic E-state index is 10.8. The molecule has 2 rings (SSSR count). The van der Waals surface area contributed by atoms with Crippen LogP contribution in [0, 0.1) is 10.1 Å². The second-order valence-electron chi connectivity index (χ2n) is 3.78. The van der Waals surface area contributed by atoms with Crippen LogP contribution in [0.2, 0.25) is 0 Å². The summed E-state index contributed by atoms with van der Waals surface area (Å²) in [5.41, 5.74) is 0.00264. The van der Waals surface area contributed by atoms with Gasteiger partial charge in [0.25, 0.3) is 0 Å². The Morgan fingerprint density at radius 3 is 3.19 bits per heavy atom. The van der Waals surface area contributed by atoms with E-state index in [9.17, 15) is 15.2 Å². The third-order valence-electron chi connectivity index (χ3n) is 2.82. The molecule has 1 N–H and O–H groups in total. The van der Waals surface area contributed by atoms with Gasteiger partial charge in [-0.15, -0.1) is 0 Å². The molecule has 1 saturated heterocycles. The van der Waals surface area contributed by atoms with Crippen molar-refractivity contribution in [3.63, 3.8) is 0 Å². The molecule has 0 aromatic carbocycles. The van der Waals surface area contributed by atoms with Gasteiger partial charge in [0.2, 0.25) is 5.82 Å². The Bertz CT molecular complexity index is 397. The van der Waals surface area contributed by atoms with E-state index >= 15 is 0 Å². The van der Waals surface area contributed by atoms with Gasteiger partial charge in [0, 0.05) is 18.8 Å². The van der Waals surface area contributed by atoms with E-state index in [1.54, 1.807) is 6.07 Å². The van der Waals surface area contributed by atoms with E-state index in [1.165, 1.54) is 12.3 Å². The SMILES string of the molecule is O=[N+]([O-])c1cccnc1N1CCC[C@@H]1CO. The maximum atomic E-state index is 10.8. The largest absolute Gasteiger partial charge is 0.394 e. The van der Waals surface area contributed by atoms with Crippen LogP contribution in [-0.2, 0) is 0 Å². The van der Waals surface area contributed by atoms with E-state index in [0.717, 1.165) is 12.8 Å². The first-order chi connectivity index (χ1) is 7.74. The van der Waals surface area contributed by atoms with Crippen LogP contribution in [0.15, 0.2) is 18.3 Å². The fraction of sp³-hybridized carbons (Fsp3) is 0.500. The molecule has 0 saturated carbocycles. The molecule has 86 valence electrons. The molecule has 1 aliphatic rings. The Labute approximate surface area is 92.7 Å². The van der Waals surface area contributed by atoms with Crippen LogP contribution in [-0.4, -0.2) is 34.2 Å². The van der Waals surface area contributed by atoms with Crippen molar-refractivity contribution in [1.29, 1.82) is 0 Å². The number of anilines is 1. The number of aliphatic hydroxyl groups excluding tert-OH is 1. The van der Waals surface area contributed by atoms with Gasteiger partial charge in [-0.05, 0) is 18.9 Å². The second-order valence-corrected chi connectivity index (χ2v) is 3.78. The summed E-state index contributed by atoms with van der Waals surface area (Å²) in [6.07, 6.45) is 3.32. The first-order valence-corrected chi connectivity index (χ1v) is 5.21. The fourth-order valence-electron chi connectivity index (χ4n) is 2.06. The highest BCUT2D eigenvalue weighted by Gasteiger charge is 2.29. The zero-order chi connectivity index (χ0) is 11.5. The van der Waals surface area contributed by atoms with Gasteiger partial charge in [0.05, 0.1) is 17.6 Å². The van der Waals surface area contributed by atoms with E-state index in [4.69, 9.17) is 0 Å². The molecule has 2 heterocycles. The Morgan fingerprint density at radius 1 is 1.69 bits per heavy atom. The number of hydrogen-bond donors (Lipinski definition) is 1. The van der Waals surface area contributed by atoms with Crippen LogP contribution in [0.4, 0.5) is 11.5 Å². The Hall–Kier alpha value is -1.69. The summed E-state index contributed by atoms with van der Waals surface area (Å²) in [4.78, 5) is 16.3. The molecular weight excluding hydrogens is 210 g/mol. The van der Waals surface area contributed by atoms with Crippen molar-refractivity contribution >= 4 is 11.5 Å².